The molecule has 7 rings (SSSR count). The van der Waals surface area contributed by atoms with Crippen molar-refractivity contribution >= 4 is 34.9 Å². The van der Waals surface area contributed by atoms with Crippen molar-refractivity contribution in [1.29, 1.82) is 5.26 Å². The second kappa shape index (κ2) is 8.93. The van der Waals surface area contributed by atoms with Gasteiger partial charge in [0.15, 0.2) is 5.58 Å². The van der Waals surface area contributed by atoms with E-state index in [9.17, 15) is 5.26 Å². The maximum atomic E-state index is 9.21. The molecule has 4 aromatic carbocycles. The summed E-state index contributed by atoms with van der Waals surface area (Å²) >= 11 is 0. The van der Waals surface area contributed by atoms with Crippen LogP contribution in [-0.2, 0) is 0 Å². The minimum absolute atomic E-state index is 0.0276. The molecule has 0 fully saturated rings. The quantitative estimate of drug-likeness (QED) is 0.195. The summed E-state index contributed by atoms with van der Waals surface area (Å²) in [6.07, 6.45) is 5.95. The van der Waals surface area contributed by atoms with E-state index in [1.54, 1.807) is 12.1 Å². The molecule has 0 spiro atoms. The fraction of sp³-hybridized carbons (Fsp3) is 0.0303. The van der Waals surface area contributed by atoms with E-state index in [1.807, 2.05) is 30.4 Å². The predicted molar refractivity (Wildman–Crippen MR) is 158 cm³/mol. The van der Waals surface area contributed by atoms with Crippen molar-refractivity contribution in [3.8, 4) is 28.7 Å². The molecule has 39 heavy (non-hydrogen) atoms. The fourth-order valence-corrected chi connectivity index (χ4v) is 5.72. The van der Waals surface area contributed by atoms with E-state index >= 15 is 0 Å². The van der Waals surface area contributed by atoms with Crippen LogP contribution in [0, 0.1) is 11.3 Å². The van der Waals surface area contributed by atoms with Crippen LogP contribution in [0.5, 0.6) is 0 Å². The van der Waals surface area contributed by atoms with Crippen LogP contribution >= 0.6 is 0 Å². The molecule has 5 aromatic rings. The number of hydrogen-bond acceptors (Lipinski definition) is 5. The minimum atomic E-state index is -0.0276. The van der Waals surface area contributed by atoms with E-state index in [4.69, 9.17) is 4.42 Å². The van der Waals surface area contributed by atoms with Gasteiger partial charge in [0, 0.05) is 40.0 Å². The smallest absolute Gasteiger partial charge is 0.421 e. The lowest BCUT2D eigenvalue weighted by Crippen LogP contribution is -2.57. The van der Waals surface area contributed by atoms with Crippen LogP contribution in [0.2, 0.25) is 0 Å². The summed E-state index contributed by atoms with van der Waals surface area (Å²) in [5.74, 6) is 0.536. The van der Waals surface area contributed by atoms with Gasteiger partial charge in [-0.05, 0) is 66.5 Å². The Morgan fingerprint density at radius 2 is 1.69 bits per heavy atom. The number of nitriles is 1. The largest absolute Gasteiger partial charge is 0.436 e. The van der Waals surface area contributed by atoms with Crippen molar-refractivity contribution in [3.05, 3.63) is 133 Å². The van der Waals surface area contributed by atoms with E-state index in [2.05, 4.69) is 101 Å². The maximum absolute atomic E-state index is 9.21. The van der Waals surface area contributed by atoms with E-state index < -0.39 is 0 Å². The molecule has 5 nitrogen and oxygen atoms in total. The van der Waals surface area contributed by atoms with Crippen LogP contribution in [0.15, 0.2) is 132 Å². The van der Waals surface area contributed by atoms with Crippen LogP contribution < -0.4 is 15.1 Å². The standard InChI is InChI=1S/C33H23BN4O/c1-3-4-12-30-22(2)37(34-28-11-7-5-9-26(28)27-10-6-8-13-31(27)38(30)34)25-17-15-24(16-18-25)33-36-29-19-14-23(21-35)20-32(29)39-33/h3-20H,1H2,2H3/b12-4-. The summed E-state index contributed by atoms with van der Waals surface area (Å²) in [5, 5.41) is 9.21. The molecule has 0 bridgehead atoms. The topological polar surface area (TPSA) is 56.3 Å². The number of nitrogens with zero attached hydrogens (tertiary/aromatic N) is 4. The highest BCUT2D eigenvalue weighted by Gasteiger charge is 2.47. The van der Waals surface area contributed by atoms with Gasteiger partial charge < -0.3 is 14.0 Å². The molecule has 2 aliphatic heterocycles. The molecule has 3 heterocycles. The van der Waals surface area contributed by atoms with Gasteiger partial charge in [0.1, 0.15) is 5.52 Å². The van der Waals surface area contributed by atoms with Crippen molar-refractivity contribution in [2.45, 2.75) is 6.92 Å². The first kappa shape index (κ1) is 22.9. The number of allylic oxidation sites excluding steroid dienone is 4. The van der Waals surface area contributed by atoms with Gasteiger partial charge in [-0.2, -0.15) is 5.26 Å². The molecule has 0 amide bonds. The first-order valence-corrected chi connectivity index (χ1v) is 12.9. The Kier molecular flexibility index (Phi) is 5.24. The van der Waals surface area contributed by atoms with Gasteiger partial charge in [-0.25, -0.2) is 4.98 Å². The van der Waals surface area contributed by atoms with Crippen LogP contribution in [0.25, 0.3) is 33.7 Å². The lowest BCUT2D eigenvalue weighted by molar-refractivity contribution is 0.620. The number of benzene rings is 4. The number of para-hydroxylation sites is 1. The third kappa shape index (κ3) is 3.52. The number of aromatic nitrogens is 1. The second-order valence-corrected chi connectivity index (χ2v) is 9.64. The summed E-state index contributed by atoms with van der Waals surface area (Å²) in [6.45, 7) is 6.05. The summed E-state index contributed by atoms with van der Waals surface area (Å²) in [7, 11) is 0. The third-order valence-corrected chi connectivity index (χ3v) is 7.47. The first-order valence-electron chi connectivity index (χ1n) is 12.9. The Morgan fingerprint density at radius 1 is 0.923 bits per heavy atom. The van der Waals surface area contributed by atoms with Gasteiger partial charge in [0.25, 0.3) is 0 Å². The molecule has 0 radical (unpaired) electrons. The zero-order valence-electron chi connectivity index (χ0n) is 21.4. The van der Waals surface area contributed by atoms with Crippen LogP contribution in [0.4, 0.5) is 11.4 Å². The molecule has 0 aliphatic carbocycles. The van der Waals surface area contributed by atoms with Gasteiger partial charge in [0.2, 0.25) is 5.89 Å². The van der Waals surface area contributed by atoms with Crippen molar-refractivity contribution in [3.63, 3.8) is 0 Å². The zero-order chi connectivity index (χ0) is 26.5. The molecule has 0 unspecified atom stereocenters. The monoisotopic (exact) mass is 502 g/mol. The van der Waals surface area contributed by atoms with Crippen molar-refractivity contribution < 1.29 is 4.42 Å². The van der Waals surface area contributed by atoms with Gasteiger partial charge in [-0.3, -0.25) is 0 Å². The molecule has 1 aromatic heterocycles. The number of hydrogen-bond donors (Lipinski definition) is 0. The molecule has 0 saturated heterocycles. The van der Waals surface area contributed by atoms with Crippen molar-refractivity contribution in [1.82, 2.24) is 4.98 Å². The zero-order valence-corrected chi connectivity index (χ0v) is 21.4. The Labute approximate surface area is 227 Å². The van der Waals surface area contributed by atoms with Crippen molar-refractivity contribution in [2.75, 3.05) is 9.62 Å². The highest BCUT2D eigenvalue weighted by atomic mass is 16.3. The van der Waals surface area contributed by atoms with E-state index in [0.717, 1.165) is 28.2 Å². The molecule has 0 N–H and O–H groups in total. The molecular formula is C33H23BN4O. The minimum Gasteiger partial charge on any atom is -0.436 e. The second-order valence-electron chi connectivity index (χ2n) is 9.64. The summed E-state index contributed by atoms with van der Waals surface area (Å²) in [4.78, 5) is 9.46. The van der Waals surface area contributed by atoms with Gasteiger partial charge in [0.05, 0.1) is 11.6 Å². The molecule has 6 heteroatoms. The molecular weight excluding hydrogens is 479 g/mol. The average Bonchev–Trinajstić information content (AvgIpc) is 3.54. The molecule has 184 valence electrons. The first-order chi connectivity index (χ1) is 19.2. The normalized spacial score (nSPS) is 14.0. The van der Waals surface area contributed by atoms with E-state index in [-0.39, 0.29) is 6.98 Å². The van der Waals surface area contributed by atoms with E-state index in [1.165, 1.54) is 22.3 Å². The lowest BCUT2D eigenvalue weighted by atomic mass is 9.59. The van der Waals surface area contributed by atoms with Crippen LogP contribution in [-0.4, -0.2) is 12.0 Å². The van der Waals surface area contributed by atoms with Crippen LogP contribution in [0.1, 0.15) is 12.5 Å². The number of anilines is 2. The molecule has 2 aliphatic rings. The van der Waals surface area contributed by atoms with Gasteiger partial charge in [-0.1, -0.05) is 61.2 Å². The highest BCUT2D eigenvalue weighted by molar-refractivity contribution is 6.84. The summed E-state index contributed by atoms with van der Waals surface area (Å²) < 4.78 is 6.00. The van der Waals surface area contributed by atoms with Crippen LogP contribution in [0.3, 0.4) is 0 Å². The number of oxazole rings is 1. The third-order valence-electron chi connectivity index (χ3n) is 7.47. The lowest BCUT2D eigenvalue weighted by Gasteiger charge is -2.37. The van der Waals surface area contributed by atoms with Gasteiger partial charge >= 0.3 is 6.98 Å². The maximum Gasteiger partial charge on any atom is 0.421 e. The summed E-state index contributed by atoms with van der Waals surface area (Å²) in [6, 6.07) is 33.1. The Hall–Kier alpha value is -5.28. The predicted octanol–water partition coefficient (Wildman–Crippen LogP) is 7.04. The van der Waals surface area contributed by atoms with Crippen molar-refractivity contribution in [2.24, 2.45) is 0 Å². The SMILES string of the molecule is C=C/C=C\C1=C(C)N(c2ccc(-c3nc4ccc(C#N)cc4o3)cc2)B2c3ccccc3-c3ccccc3N21. The number of fused-ring (bicyclic) bond motifs is 7. The number of rotatable bonds is 4. The molecule has 0 atom stereocenters. The van der Waals surface area contributed by atoms with E-state index in [0.29, 0.717) is 17.0 Å². The molecule has 0 saturated carbocycles. The fourth-order valence-electron chi connectivity index (χ4n) is 5.72. The Morgan fingerprint density at radius 3 is 2.49 bits per heavy atom. The average molecular weight is 502 g/mol. The van der Waals surface area contributed by atoms with Gasteiger partial charge in [-0.15, -0.1) is 0 Å². The Balaban J connectivity index is 1.34. The highest BCUT2D eigenvalue weighted by Crippen LogP contribution is 2.44. The Bertz CT molecular complexity index is 1880. The summed E-state index contributed by atoms with van der Waals surface area (Å²) in [5.41, 5.74) is 11.1.